The largest absolute Gasteiger partial charge is 0.393 e. The van der Waals surface area contributed by atoms with E-state index < -0.39 is 23.2 Å². The Labute approximate surface area is 188 Å². The lowest BCUT2D eigenvalue weighted by Gasteiger charge is -2.64. The van der Waals surface area contributed by atoms with Crippen LogP contribution in [0.3, 0.4) is 0 Å². The first kappa shape index (κ1) is 23.4. The van der Waals surface area contributed by atoms with Crippen molar-refractivity contribution in [2.75, 3.05) is 0 Å². The zero-order valence-corrected chi connectivity index (χ0v) is 20.2. The Balaban J connectivity index is 1.60. The molecular formula is C27H44O4. The molecule has 4 nitrogen and oxygen atoms in total. The molecule has 0 heterocycles. The van der Waals surface area contributed by atoms with E-state index in [9.17, 15) is 20.1 Å². The molecule has 10 unspecified atom stereocenters. The van der Waals surface area contributed by atoms with Gasteiger partial charge in [0.15, 0.2) is 0 Å². The molecule has 0 amide bonds. The van der Waals surface area contributed by atoms with Gasteiger partial charge in [0.05, 0.1) is 17.6 Å². The van der Waals surface area contributed by atoms with Crippen molar-refractivity contribution < 1.29 is 20.1 Å². The van der Waals surface area contributed by atoms with E-state index in [2.05, 4.69) is 39.8 Å². The van der Waals surface area contributed by atoms with Crippen molar-refractivity contribution in [1.29, 1.82) is 0 Å². The van der Waals surface area contributed by atoms with E-state index in [1.807, 2.05) is 6.92 Å². The number of hydrogen-bond donors (Lipinski definition) is 3. The van der Waals surface area contributed by atoms with Gasteiger partial charge in [0, 0.05) is 12.8 Å². The number of carbonyl (C=O) groups is 1. The topological polar surface area (TPSA) is 77.8 Å². The third kappa shape index (κ3) is 3.38. The Hall–Kier alpha value is -0.710. The highest BCUT2D eigenvalue weighted by Crippen LogP contribution is 2.68. The molecule has 4 saturated carbocycles. The number of rotatable bonds is 4. The molecule has 0 aromatic rings. The molecule has 4 aliphatic rings. The highest BCUT2D eigenvalue weighted by atomic mass is 16.3. The number of aliphatic hydroxyl groups is 3. The first-order valence-electron chi connectivity index (χ1n) is 12.7. The maximum absolute atomic E-state index is 13.2. The zero-order valence-electron chi connectivity index (χ0n) is 20.2. The lowest BCUT2D eigenvalue weighted by atomic mass is 9.42. The molecule has 4 fully saturated rings. The van der Waals surface area contributed by atoms with Crippen molar-refractivity contribution >= 4 is 5.78 Å². The summed E-state index contributed by atoms with van der Waals surface area (Å²) in [7, 11) is 0. The average Bonchev–Trinajstić information content (AvgIpc) is 3.02. The second-order valence-corrected chi connectivity index (χ2v) is 12.4. The number of carbonyl (C=O) groups excluding carboxylic acids is 1. The van der Waals surface area contributed by atoms with Gasteiger partial charge in [-0.1, -0.05) is 39.8 Å². The van der Waals surface area contributed by atoms with Crippen molar-refractivity contribution in [3.63, 3.8) is 0 Å². The predicted molar refractivity (Wildman–Crippen MR) is 122 cm³/mol. The molecule has 0 bridgehead atoms. The van der Waals surface area contributed by atoms with Crippen LogP contribution in [0.4, 0.5) is 0 Å². The summed E-state index contributed by atoms with van der Waals surface area (Å²) in [6.07, 6.45) is 9.22. The van der Waals surface area contributed by atoms with E-state index in [4.69, 9.17) is 0 Å². The average molecular weight is 433 g/mol. The van der Waals surface area contributed by atoms with Crippen LogP contribution in [0, 0.1) is 46.3 Å². The molecule has 10 atom stereocenters. The fraction of sp³-hybridized carbons (Fsp3) is 0.889. The smallest absolute Gasteiger partial charge is 0.144 e. The van der Waals surface area contributed by atoms with E-state index >= 15 is 0 Å². The molecule has 4 heteroatoms. The molecule has 31 heavy (non-hydrogen) atoms. The minimum atomic E-state index is -1.50. The molecule has 0 aromatic carbocycles. The van der Waals surface area contributed by atoms with Crippen LogP contribution in [-0.4, -0.2) is 38.9 Å². The molecule has 176 valence electrons. The fourth-order valence-corrected chi connectivity index (χ4v) is 8.81. The SMILES string of the molecule is CC(C)C=CCC(C)C1CCC2C3CC(O)C4(O)CC(O)CC(=O)C4(C)C3CCC12C. The van der Waals surface area contributed by atoms with Crippen molar-refractivity contribution in [3.05, 3.63) is 12.2 Å². The number of allylic oxidation sites excluding steroid dienone is 2. The van der Waals surface area contributed by atoms with E-state index in [1.165, 1.54) is 12.8 Å². The molecule has 0 aromatic heterocycles. The van der Waals surface area contributed by atoms with Gasteiger partial charge in [-0.2, -0.15) is 0 Å². The summed E-state index contributed by atoms with van der Waals surface area (Å²) in [5, 5.41) is 32.9. The quantitative estimate of drug-likeness (QED) is 0.571. The van der Waals surface area contributed by atoms with Crippen LogP contribution in [0.5, 0.6) is 0 Å². The number of ketones is 1. The molecule has 3 N–H and O–H groups in total. The fourth-order valence-electron chi connectivity index (χ4n) is 8.81. The molecule has 4 aliphatic carbocycles. The lowest BCUT2D eigenvalue weighted by molar-refractivity contribution is -0.251. The minimum absolute atomic E-state index is 0.0483. The Kier molecular flexibility index (Phi) is 6.02. The Morgan fingerprint density at radius 3 is 2.48 bits per heavy atom. The van der Waals surface area contributed by atoms with Gasteiger partial charge < -0.3 is 15.3 Å². The van der Waals surface area contributed by atoms with Gasteiger partial charge in [0.2, 0.25) is 0 Å². The minimum Gasteiger partial charge on any atom is -0.393 e. The van der Waals surface area contributed by atoms with Gasteiger partial charge in [-0.3, -0.25) is 4.79 Å². The summed E-state index contributed by atoms with van der Waals surface area (Å²) >= 11 is 0. The summed E-state index contributed by atoms with van der Waals surface area (Å²) < 4.78 is 0. The van der Waals surface area contributed by atoms with Gasteiger partial charge in [-0.25, -0.2) is 0 Å². The highest BCUT2D eigenvalue weighted by Gasteiger charge is 2.70. The van der Waals surface area contributed by atoms with Gasteiger partial charge in [0.25, 0.3) is 0 Å². The third-order valence-electron chi connectivity index (χ3n) is 10.5. The predicted octanol–water partition coefficient (Wildman–Crippen LogP) is 4.51. The Morgan fingerprint density at radius 1 is 1.10 bits per heavy atom. The molecule has 0 saturated heterocycles. The van der Waals surface area contributed by atoms with Crippen LogP contribution in [-0.2, 0) is 4.79 Å². The zero-order chi connectivity index (χ0) is 22.8. The first-order valence-corrected chi connectivity index (χ1v) is 12.7. The van der Waals surface area contributed by atoms with Crippen molar-refractivity contribution in [2.45, 2.75) is 104 Å². The van der Waals surface area contributed by atoms with E-state index in [0.717, 1.165) is 19.3 Å². The lowest BCUT2D eigenvalue weighted by Crippen LogP contribution is -2.71. The van der Waals surface area contributed by atoms with Gasteiger partial charge in [-0.15, -0.1) is 0 Å². The van der Waals surface area contributed by atoms with Crippen LogP contribution < -0.4 is 0 Å². The van der Waals surface area contributed by atoms with Crippen LogP contribution >= 0.6 is 0 Å². The second kappa shape index (κ2) is 7.95. The van der Waals surface area contributed by atoms with Crippen LogP contribution in [0.1, 0.15) is 86.0 Å². The third-order valence-corrected chi connectivity index (χ3v) is 10.5. The van der Waals surface area contributed by atoms with Gasteiger partial charge in [-0.05, 0) is 86.4 Å². The number of fused-ring (bicyclic) bond motifs is 5. The summed E-state index contributed by atoms with van der Waals surface area (Å²) in [5.74, 6) is 2.73. The van der Waals surface area contributed by atoms with E-state index in [-0.39, 0.29) is 35.9 Å². The summed E-state index contributed by atoms with van der Waals surface area (Å²) in [4.78, 5) is 13.2. The summed E-state index contributed by atoms with van der Waals surface area (Å²) in [6, 6.07) is 0. The van der Waals surface area contributed by atoms with Crippen LogP contribution in [0.2, 0.25) is 0 Å². The van der Waals surface area contributed by atoms with Crippen molar-refractivity contribution in [3.8, 4) is 0 Å². The highest BCUT2D eigenvalue weighted by molar-refractivity contribution is 5.88. The first-order chi connectivity index (χ1) is 14.4. The van der Waals surface area contributed by atoms with E-state index in [1.54, 1.807) is 0 Å². The standard InChI is InChI=1S/C27H44O4/c1-16(2)7-6-8-17(3)20-9-10-21-19-14-24(30)27(31)15-18(28)13-23(29)26(27,5)22(19)11-12-25(20,21)4/h6-7,16-22,24,28,30-31H,8-15H2,1-5H3. The molecule has 4 rings (SSSR count). The molecule has 0 radical (unpaired) electrons. The Bertz CT molecular complexity index is 731. The van der Waals surface area contributed by atoms with Crippen LogP contribution in [0.25, 0.3) is 0 Å². The molecule has 0 spiro atoms. The summed E-state index contributed by atoms with van der Waals surface area (Å²) in [5.41, 5.74) is -2.20. The second-order valence-electron chi connectivity index (χ2n) is 12.4. The molecule has 0 aliphatic heterocycles. The summed E-state index contributed by atoms with van der Waals surface area (Å²) in [6.45, 7) is 11.2. The Morgan fingerprint density at radius 2 is 1.81 bits per heavy atom. The number of Topliss-reactive ketones (excluding diaryl/α,β-unsaturated/α-hetero) is 1. The number of aliphatic hydroxyl groups excluding tert-OH is 2. The monoisotopic (exact) mass is 432 g/mol. The maximum Gasteiger partial charge on any atom is 0.144 e. The normalized spacial score (nSPS) is 50.9. The number of hydrogen-bond acceptors (Lipinski definition) is 4. The van der Waals surface area contributed by atoms with Crippen molar-refractivity contribution in [2.24, 2.45) is 46.3 Å². The van der Waals surface area contributed by atoms with Gasteiger partial charge >= 0.3 is 0 Å². The maximum atomic E-state index is 13.2. The van der Waals surface area contributed by atoms with Crippen molar-refractivity contribution in [1.82, 2.24) is 0 Å². The molecular weight excluding hydrogens is 388 g/mol. The van der Waals surface area contributed by atoms with E-state index in [0.29, 0.717) is 30.1 Å². The van der Waals surface area contributed by atoms with Crippen LogP contribution in [0.15, 0.2) is 12.2 Å². The van der Waals surface area contributed by atoms with Gasteiger partial charge in [0.1, 0.15) is 11.4 Å².